The predicted octanol–water partition coefficient (Wildman–Crippen LogP) is 2.52. The first-order chi connectivity index (χ1) is 9.67. The van der Waals surface area contributed by atoms with Gasteiger partial charge in [0.2, 0.25) is 0 Å². The molecule has 0 aliphatic carbocycles. The van der Waals surface area contributed by atoms with Gasteiger partial charge in [0.15, 0.2) is 0 Å². The molecule has 1 unspecified atom stereocenters. The summed E-state index contributed by atoms with van der Waals surface area (Å²) in [6.07, 6.45) is 1.51. The summed E-state index contributed by atoms with van der Waals surface area (Å²) in [5, 5.41) is 28.9. The summed E-state index contributed by atoms with van der Waals surface area (Å²) in [6.45, 7) is 0.623. The summed E-state index contributed by atoms with van der Waals surface area (Å²) in [5.74, 6) is -1.19. The summed E-state index contributed by atoms with van der Waals surface area (Å²) in [4.78, 5) is 10.2. The molecule has 2 rings (SSSR count). The van der Waals surface area contributed by atoms with Crippen molar-refractivity contribution in [1.29, 1.82) is 10.5 Å². The number of nitro benzene ring substituents is 1. The predicted molar refractivity (Wildman–Crippen MR) is 69.5 cm³/mol. The van der Waals surface area contributed by atoms with Crippen molar-refractivity contribution in [3.8, 4) is 12.1 Å². The quantitative estimate of drug-likeness (QED) is 0.618. The molecule has 1 heterocycles. The lowest BCUT2D eigenvalue weighted by atomic mass is 9.82. The van der Waals surface area contributed by atoms with E-state index in [0.29, 0.717) is 6.61 Å². The molecule has 1 aliphatic heterocycles. The normalized spacial score (nSPS) is 19.2. The largest absolute Gasteiger partial charge is 0.377 e. The zero-order valence-electron chi connectivity index (χ0n) is 10.7. The molecule has 0 radical (unpaired) electrons. The van der Waals surface area contributed by atoms with E-state index in [4.69, 9.17) is 15.3 Å². The van der Waals surface area contributed by atoms with Gasteiger partial charge in [-0.2, -0.15) is 10.5 Å². The minimum atomic E-state index is -0.820. The average molecular weight is 271 g/mol. The Morgan fingerprint density at radius 1 is 1.30 bits per heavy atom. The third-order valence-corrected chi connectivity index (χ3v) is 3.49. The van der Waals surface area contributed by atoms with Gasteiger partial charge in [-0.15, -0.1) is 0 Å². The van der Waals surface area contributed by atoms with Crippen LogP contribution in [0.15, 0.2) is 24.3 Å². The molecule has 6 heteroatoms. The van der Waals surface area contributed by atoms with Crippen LogP contribution in [0.2, 0.25) is 0 Å². The Kier molecular flexibility index (Phi) is 4.29. The minimum Gasteiger partial charge on any atom is -0.377 e. The topological polar surface area (TPSA) is 100.0 Å². The molecular formula is C14H13N3O3. The standard InChI is InChI=1S/C14H13N3O3/c15-8-11(9-16)14(13-2-1-7-20-13)10-3-5-12(6-4-10)17(18)19/h3-6,11,13-14H,1-2,7H2/t13?,14-/m0/s1. The van der Waals surface area contributed by atoms with Crippen LogP contribution in [0.3, 0.4) is 0 Å². The van der Waals surface area contributed by atoms with Crippen LogP contribution in [0, 0.1) is 38.7 Å². The van der Waals surface area contributed by atoms with Gasteiger partial charge >= 0.3 is 0 Å². The zero-order valence-corrected chi connectivity index (χ0v) is 10.7. The third-order valence-electron chi connectivity index (χ3n) is 3.49. The van der Waals surface area contributed by atoms with Gasteiger partial charge in [0, 0.05) is 24.7 Å². The van der Waals surface area contributed by atoms with Gasteiger partial charge in [-0.3, -0.25) is 10.1 Å². The minimum absolute atomic E-state index is 0.00898. The molecule has 0 bridgehead atoms. The number of ether oxygens (including phenoxy) is 1. The number of rotatable bonds is 4. The molecule has 0 spiro atoms. The fourth-order valence-corrected chi connectivity index (χ4v) is 2.52. The van der Waals surface area contributed by atoms with E-state index >= 15 is 0 Å². The van der Waals surface area contributed by atoms with Crippen molar-refractivity contribution < 1.29 is 9.66 Å². The van der Waals surface area contributed by atoms with Crippen LogP contribution in [0.1, 0.15) is 24.3 Å². The van der Waals surface area contributed by atoms with Crippen molar-refractivity contribution in [3.05, 3.63) is 39.9 Å². The van der Waals surface area contributed by atoms with Crippen molar-refractivity contribution in [3.63, 3.8) is 0 Å². The molecule has 0 N–H and O–H groups in total. The van der Waals surface area contributed by atoms with Crippen LogP contribution < -0.4 is 0 Å². The van der Waals surface area contributed by atoms with E-state index in [9.17, 15) is 10.1 Å². The monoisotopic (exact) mass is 271 g/mol. The van der Waals surface area contributed by atoms with Gasteiger partial charge in [0.05, 0.1) is 23.2 Å². The van der Waals surface area contributed by atoms with Crippen molar-refractivity contribution in [2.45, 2.75) is 24.9 Å². The van der Waals surface area contributed by atoms with E-state index in [1.807, 2.05) is 12.1 Å². The highest BCUT2D eigenvalue weighted by atomic mass is 16.6. The number of hydrogen-bond acceptors (Lipinski definition) is 5. The van der Waals surface area contributed by atoms with Crippen molar-refractivity contribution >= 4 is 5.69 Å². The molecular weight excluding hydrogens is 258 g/mol. The molecule has 1 aliphatic rings. The van der Waals surface area contributed by atoms with Crippen LogP contribution in [0.25, 0.3) is 0 Å². The van der Waals surface area contributed by atoms with E-state index in [0.717, 1.165) is 18.4 Å². The van der Waals surface area contributed by atoms with Gasteiger partial charge in [-0.1, -0.05) is 12.1 Å². The summed E-state index contributed by atoms with van der Waals surface area (Å²) >= 11 is 0. The molecule has 102 valence electrons. The lowest BCUT2D eigenvalue weighted by molar-refractivity contribution is -0.384. The lowest BCUT2D eigenvalue weighted by Crippen LogP contribution is -2.24. The third kappa shape index (κ3) is 2.76. The molecule has 0 aromatic heterocycles. The fraction of sp³-hybridized carbons (Fsp3) is 0.429. The Morgan fingerprint density at radius 2 is 1.95 bits per heavy atom. The van der Waals surface area contributed by atoms with Crippen LogP contribution in [-0.4, -0.2) is 17.6 Å². The Hall–Kier alpha value is -2.44. The van der Waals surface area contributed by atoms with Gasteiger partial charge < -0.3 is 4.74 Å². The fourth-order valence-electron chi connectivity index (χ4n) is 2.52. The van der Waals surface area contributed by atoms with E-state index < -0.39 is 10.8 Å². The van der Waals surface area contributed by atoms with Crippen LogP contribution >= 0.6 is 0 Å². The maximum atomic E-state index is 10.7. The van der Waals surface area contributed by atoms with Crippen LogP contribution in [0.5, 0.6) is 0 Å². The highest BCUT2D eigenvalue weighted by molar-refractivity contribution is 5.36. The first-order valence-corrected chi connectivity index (χ1v) is 6.32. The number of nitrogens with zero attached hydrogens (tertiary/aromatic N) is 3. The molecule has 6 nitrogen and oxygen atoms in total. The Balaban J connectivity index is 2.33. The van der Waals surface area contributed by atoms with Crippen LogP contribution in [0.4, 0.5) is 5.69 Å². The van der Waals surface area contributed by atoms with Crippen molar-refractivity contribution in [2.24, 2.45) is 5.92 Å². The number of hydrogen-bond donors (Lipinski definition) is 0. The van der Waals surface area contributed by atoms with E-state index in [1.165, 1.54) is 12.1 Å². The number of nitro groups is 1. The first-order valence-electron chi connectivity index (χ1n) is 6.32. The number of benzene rings is 1. The second kappa shape index (κ2) is 6.14. The smallest absolute Gasteiger partial charge is 0.269 e. The molecule has 0 saturated carbocycles. The summed E-state index contributed by atoms with van der Waals surface area (Å²) in [6, 6.07) is 9.97. The Bertz CT molecular complexity index is 551. The zero-order chi connectivity index (χ0) is 14.5. The summed E-state index contributed by atoms with van der Waals surface area (Å²) < 4.78 is 5.60. The maximum Gasteiger partial charge on any atom is 0.269 e. The molecule has 1 aromatic rings. The Morgan fingerprint density at radius 3 is 2.40 bits per heavy atom. The molecule has 1 fully saturated rings. The van der Waals surface area contributed by atoms with Crippen LogP contribution in [-0.2, 0) is 4.74 Å². The van der Waals surface area contributed by atoms with Gasteiger partial charge in [-0.05, 0) is 18.4 Å². The van der Waals surface area contributed by atoms with E-state index in [-0.39, 0.29) is 17.7 Å². The summed E-state index contributed by atoms with van der Waals surface area (Å²) in [5.41, 5.74) is 0.723. The second-order valence-corrected chi connectivity index (χ2v) is 4.66. The molecule has 1 aromatic carbocycles. The highest BCUT2D eigenvalue weighted by Crippen LogP contribution is 2.35. The van der Waals surface area contributed by atoms with Crippen molar-refractivity contribution in [1.82, 2.24) is 0 Å². The SMILES string of the molecule is N#CC(C#N)[C@H](c1ccc([N+](=O)[O-])cc1)C1CCCO1. The lowest BCUT2D eigenvalue weighted by Gasteiger charge is -2.23. The Labute approximate surface area is 116 Å². The highest BCUT2D eigenvalue weighted by Gasteiger charge is 2.34. The maximum absolute atomic E-state index is 10.7. The van der Waals surface area contributed by atoms with E-state index in [1.54, 1.807) is 12.1 Å². The first kappa shape index (κ1) is 14.0. The molecule has 2 atom stereocenters. The van der Waals surface area contributed by atoms with Gasteiger partial charge in [-0.25, -0.2) is 0 Å². The summed E-state index contributed by atoms with van der Waals surface area (Å²) in [7, 11) is 0. The van der Waals surface area contributed by atoms with E-state index in [2.05, 4.69) is 0 Å². The molecule has 0 amide bonds. The number of non-ortho nitro benzene ring substituents is 1. The molecule has 1 saturated heterocycles. The van der Waals surface area contributed by atoms with Gasteiger partial charge in [0.25, 0.3) is 5.69 Å². The molecule has 20 heavy (non-hydrogen) atoms. The number of nitriles is 2. The van der Waals surface area contributed by atoms with Crippen molar-refractivity contribution in [2.75, 3.05) is 6.61 Å². The van der Waals surface area contributed by atoms with Gasteiger partial charge in [0.1, 0.15) is 5.92 Å². The second-order valence-electron chi connectivity index (χ2n) is 4.66. The average Bonchev–Trinajstić information content (AvgIpc) is 2.98.